The van der Waals surface area contributed by atoms with Gasteiger partial charge in [0.15, 0.2) is 5.69 Å². The van der Waals surface area contributed by atoms with Gasteiger partial charge in [0.25, 0.3) is 11.8 Å². The van der Waals surface area contributed by atoms with E-state index in [9.17, 15) is 19.2 Å². The highest BCUT2D eigenvalue weighted by Crippen LogP contribution is 2.29. The zero-order chi connectivity index (χ0) is 24.0. The molecule has 0 bridgehead atoms. The molecule has 0 spiro atoms. The van der Waals surface area contributed by atoms with Crippen LogP contribution in [0.3, 0.4) is 0 Å². The van der Waals surface area contributed by atoms with Gasteiger partial charge in [-0.05, 0) is 43.9 Å². The first-order valence-electron chi connectivity index (χ1n) is 11.4. The number of hydrogen-bond donors (Lipinski definition) is 1. The Morgan fingerprint density at radius 1 is 1.26 bits per heavy atom. The van der Waals surface area contributed by atoms with E-state index in [0.717, 1.165) is 18.4 Å². The van der Waals surface area contributed by atoms with Gasteiger partial charge in [0.1, 0.15) is 6.04 Å². The second-order valence-corrected chi connectivity index (χ2v) is 9.00. The number of carbonyl (C=O) groups is 4. The van der Waals surface area contributed by atoms with Gasteiger partial charge in [0, 0.05) is 32.2 Å². The molecule has 3 unspecified atom stereocenters. The normalized spacial score (nSPS) is 23.1. The van der Waals surface area contributed by atoms with Crippen molar-refractivity contribution in [3.8, 4) is 5.69 Å². The third-order valence-corrected chi connectivity index (χ3v) is 6.92. The molecular formula is C23H26N6O5. The Morgan fingerprint density at radius 2 is 2.09 bits per heavy atom. The summed E-state index contributed by atoms with van der Waals surface area (Å²) in [6, 6.07) is 4.53. The van der Waals surface area contributed by atoms with Crippen molar-refractivity contribution in [1.82, 2.24) is 30.1 Å². The standard InChI is InChI=1S/C23H26N6O5/c1-13(19-4-3-9-34-19)27(2)23(33)17-12-29(26-25-17)15-6-5-14-11-28(22(32)16(14)10-15)18-7-8-20(30)24-21(18)31/h5-6,10,12-13,18-19H,3-4,7-9,11H2,1-2H3,(H,24,30,31). The van der Waals surface area contributed by atoms with Crippen LogP contribution in [0.5, 0.6) is 0 Å². The van der Waals surface area contributed by atoms with Crippen LogP contribution in [0.15, 0.2) is 24.4 Å². The van der Waals surface area contributed by atoms with Gasteiger partial charge in [0.05, 0.1) is 24.0 Å². The van der Waals surface area contributed by atoms with E-state index >= 15 is 0 Å². The highest BCUT2D eigenvalue weighted by molar-refractivity contribution is 6.05. The number of piperidine rings is 1. The number of aromatic nitrogens is 3. The van der Waals surface area contributed by atoms with Gasteiger partial charge in [-0.25, -0.2) is 4.68 Å². The molecule has 34 heavy (non-hydrogen) atoms. The maximum absolute atomic E-state index is 13.1. The van der Waals surface area contributed by atoms with Crippen LogP contribution in [0.4, 0.5) is 0 Å². The average molecular weight is 466 g/mol. The summed E-state index contributed by atoms with van der Waals surface area (Å²) in [4.78, 5) is 52.8. The minimum Gasteiger partial charge on any atom is -0.376 e. The average Bonchev–Trinajstić information content (AvgIpc) is 3.59. The Labute approximate surface area is 196 Å². The van der Waals surface area contributed by atoms with E-state index in [1.807, 2.05) is 13.0 Å². The van der Waals surface area contributed by atoms with Gasteiger partial charge < -0.3 is 14.5 Å². The van der Waals surface area contributed by atoms with Gasteiger partial charge >= 0.3 is 0 Å². The molecule has 0 radical (unpaired) electrons. The van der Waals surface area contributed by atoms with Gasteiger partial charge in [-0.15, -0.1) is 5.10 Å². The molecule has 11 heteroatoms. The quantitative estimate of drug-likeness (QED) is 0.642. The van der Waals surface area contributed by atoms with Crippen molar-refractivity contribution in [3.63, 3.8) is 0 Å². The first-order chi connectivity index (χ1) is 16.3. The topological polar surface area (TPSA) is 127 Å². The summed E-state index contributed by atoms with van der Waals surface area (Å²) < 4.78 is 7.16. The van der Waals surface area contributed by atoms with Crippen molar-refractivity contribution < 1.29 is 23.9 Å². The number of likely N-dealkylation sites (N-methyl/N-ethyl adjacent to an activating group) is 1. The Balaban J connectivity index is 1.32. The molecule has 5 rings (SSSR count). The van der Waals surface area contributed by atoms with Crippen molar-refractivity contribution in [3.05, 3.63) is 41.2 Å². The maximum Gasteiger partial charge on any atom is 0.276 e. The third kappa shape index (κ3) is 3.85. The maximum atomic E-state index is 13.1. The Kier molecular flexibility index (Phi) is 5.64. The Bertz CT molecular complexity index is 1170. The molecule has 1 aromatic heterocycles. The van der Waals surface area contributed by atoms with E-state index < -0.39 is 11.9 Å². The number of amides is 4. The molecule has 1 N–H and O–H groups in total. The summed E-state index contributed by atoms with van der Waals surface area (Å²) >= 11 is 0. The van der Waals surface area contributed by atoms with Crippen molar-refractivity contribution in [1.29, 1.82) is 0 Å². The van der Waals surface area contributed by atoms with Crippen LogP contribution in [-0.2, 0) is 20.9 Å². The number of rotatable bonds is 5. The van der Waals surface area contributed by atoms with E-state index in [1.54, 1.807) is 30.3 Å². The van der Waals surface area contributed by atoms with Crippen molar-refractivity contribution in [2.75, 3.05) is 13.7 Å². The molecule has 0 aliphatic carbocycles. The summed E-state index contributed by atoms with van der Waals surface area (Å²) in [6.45, 7) is 2.97. The summed E-state index contributed by atoms with van der Waals surface area (Å²) in [5.74, 6) is -1.29. The fraction of sp³-hybridized carbons (Fsp3) is 0.478. The predicted molar refractivity (Wildman–Crippen MR) is 118 cm³/mol. The molecule has 178 valence electrons. The molecule has 2 saturated heterocycles. The van der Waals surface area contributed by atoms with E-state index in [0.29, 0.717) is 30.8 Å². The minimum absolute atomic E-state index is 0.0130. The lowest BCUT2D eigenvalue weighted by Crippen LogP contribution is -2.52. The molecule has 3 atom stereocenters. The molecule has 3 aliphatic heterocycles. The first-order valence-corrected chi connectivity index (χ1v) is 11.4. The van der Waals surface area contributed by atoms with Gasteiger partial charge in [-0.3, -0.25) is 24.5 Å². The van der Waals surface area contributed by atoms with Gasteiger partial charge in [0.2, 0.25) is 11.8 Å². The first kappa shape index (κ1) is 22.2. The number of ether oxygens (including phenoxy) is 1. The molecular weight excluding hydrogens is 440 g/mol. The van der Waals surface area contributed by atoms with E-state index in [4.69, 9.17) is 4.74 Å². The monoisotopic (exact) mass is 466 g/mol. The molecule has 0 saturated carbocycles. The van der Waals surface area contributed by atoms with Crippen LogP contribution >= 0.6 is 0 Å². The smallest absolute Gasteiger partial charge is 0.276 e. The zero-order valence-corrected chi connectivity index (χ0v) is 19.1. The van der Waals surface area contributed by atoms with E-state index in [2.05, 4.69) is 15.6 Å². The molecule has 11 nitrogen and oxygen atoms in total. The molecule has 3 aliphatic rings. The zero-order valence-electron chi connectivity index (χ0n) is 19.1. The third-order valence-electron chi connectivity index (χ3n) is 6.92. The summed E-state index contributed by atoms with van der Waals surface area (Å²) in [6.07, 6.45) is 3.98. The van der Waals surface area contributed by atoms with Crippen LogP contribution in [0.25, 0.3) is 5.69 Å². The number of nitrogens with one attached hydrogen (secondary N) is 1. The van der Waals surface area contributed by atoms with Crippen LogP contribution in [0.2, 0.25) is 0 Å². The number of benzene rings is 1. The lowest BCUT2D eigenvalue weighted by atomic mass is 10.0. The van der Waals surface area contributed by atoms with E-state index in [-0.39, 0.29) is 42.0 Å². The number of hydrogen-bond acceptors (Lipinski definition) is 7. The second kappa shape index (κ2) is 8.64. The molecule has 1 aromatic carbocycles. The highest BCUT2D eigenvalue weighted by atomic mass is 16.5. The fourth-order valence-corrected chi connectivity index (χ4v) is 4.77. The van der Waals surface area contributed by atoms with Crippen LogP contribution in [0.1, 0.15) is 59.0 Å². The molecule has 4 amide bonds. The summed E-state index contributed by atoms with van der Waals surface area (Å²) in [5, 5.41) is 10.4. The Hall–Kier alpha value is -3.60. The highest BCUT2D eigenvalue weighted by Gasteiger charge is 2.39. The lowest BCUT2D eigenvalue weighted by molar-refractivity contribution is -0.136. The predicted octanol–water partition coefficient (Wildman–Crippen LogP) is 0.668. The van der Waals surface area contributed by atoms with E-state index in [1.165, 1.54) is 9.58 Å². The van der Waals surface area contributed by atoms with Crippen LogP contribution in [0, 0.1) is 0 Å². The molecule has 2 aromatic rings. The number of fused-ring (bicyclic) bond motifs is 1. The lowest BCUT2D eigenvalue weighted by Gasteiger charge is -2.29. The van der Waals surface area contributed by atoms with Gasteiger partial charge in [-0.2, -0.15) is 0 Å². The fourth-order valence-electron chi connectivity index (χ4n) is 4.77. The Morgan fingerprint density at radius 3 is 2.82 bits per heavy atom. The summed E-state index contributed by atoms with van der Waals surface area (Å²) in [7, 11) is 1.73. The largest absolute Gasteiger partial charge is 0.376 e. The van der Waals surface area contributed by atoms with Crippen molar-refractivity contribution in [2.45, 2.75) is 57.3 Å². The van der Waals surface area contributed by atoms with Crippen LogP contribution < -0.4 is 5.32 Å². The minimum atomic E-state index is -0.669. The van der Waals surface area contributed by atoms with Crippen molar-refractivity contribution in [2.24, 2.45) is 0 Å². The number of carbonyl (C=O) groups excluding carboxylic acids is 4. The number of imide groups is 1. The number of nitrogens with zero attached hydrogens (tertiary/aromatic N) is 5. The van der Waals surface area contributed by atoms with Crippen LogP contribution in [-0.4, -0.2) is 80.3 Å². The second-order valence-electron chi connectivity index (χ2n) is 9.00. The van der Waals surface area contributed by atoms with Crippen molar-refractivity contribution >= 4 is 23.6 Å². The molecule has 2 fully saturated rings. The molecule has 4 heterocycles. The summed E-state index contributed by atoms with van der Waals surface area (Å²) in [5.41, 5.74) is 2.04. The van der Waals surface area contributed by atoms with Gasteiger partial charge in [-0.1, -0.05) is 11.3 Å². The SMILES string of the molecule is CC(C1CCCO1)N(C)C(=O)c1cn(-c2ccc3c(c2)C(=O)N(C2CCC(=O)NC2=O)C3)nn1.